The molecule has 0 spiro atoms. The third-order valence-corrected chi connectivity index (χ3v) is 2.83. The molecule has 4 nitrogen and oxygen atoms in total. The van der Waals surface area contributed by atoms with Crippen molar-refractivity contribution in [3.8, 4) is 0 Å². The number of nitrogens with one attached hydrogen (secondary N) is 2. The van der Waals surface area contributed by atoms with E-state index in [1.165, 1.54) is 0 Å². The van der Waals surface area contributed by atoms with Gasteiger partial charge in [0.1, 0.15) is 0 Å². The Morgan fingerprint density at radius 3 is 3.12 bits per heavy atom. The van der Waals surface area contributed by atoms with E-state index in [0.29, 0.717) is 19.6 Å². The first-order chi connectivity index (χ1) is 7.83. The summed E-state index contributed by atoms with van der Waals surface area (Å²) >= 11 is 0. The Morgan fingerprint density at radius 1 is 1.50 bits per heavy atom. The third-order valence-electron chi connectivity index (χ3n) is 2.83. The molecule has 0 aliphatic carbocycles. The molecule has 1 aliphatic rings. The molecule has 1 amide bonds. The number of nitrogens with two attached hydrogens (primary N) is 1. The lowest BCUT2D eigenvalue weighted by molar-refractivity contribution is -0.122. The van der Waals surface area contributed by atoms with Crippen LogP contribution < -0.4 is 16.4 Å². The van der Waals surface area contributed by atoms with Crippen LogP contribution >= 0.6 is 0 Å². The van der Waals surface area contributed by atoms with Gasteiger partial charge >= 0.3 is 0 Å². The van der Waals surface area contributed by atoms with Crippen molar-refractivity contribution in [3.05, 3.63) is 29.8 Å². The summed E-state index contributed by atoms with van der Waals surface area (Å²) in [6, 6.07) is 7.94. The molecule has 0 saturated carbocycles. The van der Waals surface area contributed by atoms with Gasteiger partial charge in [0.2, 0.25) is 5.91 Å². The summed E-state index contributed by atoms with van der Waals surface area (Å²) in [5.74, 6) is 0.0277. The molecule has 1 atom stereocenters. The first kappa shape index (κ1) is 11.0. The fourth-order valence-corrected chi connectivity index (χ4v) is 1.95. The van der Waals surface area contributed by atoms with Crippen LogP contribution in [-0.4, -0.2) is 25.5 Å². The van der Waals surface area contributed by atoms with Gasteiger partial charge in [-0.25, -0.2) is 0 Å². The predicted molar refractivity (Wildman–Crippen MR) is 64.4 cm³/mol. The van der Waals surface area contributed by atoms with Crippen LogP contribution in [0.25, 0.3) is 0 Å². The molecule has 2 rings (SSSR count). The molecular formula is C12H17N3O. The van der Waals surface area contributed by atoms with Gasteiger partial charge in [0.15, 0.2) is 0 Å². The minimum atomic E-state index is -0.0611. The highest BCUT2D eigenvalue weighted by Gasteiger charge is 2.27. The molecule has 0 radical (unpaired) electrons. The molecule has 1 heterocycles. The number of anilines is 1. The molecule has 4 heteroatoms. The van der Waals surface area contributed by atoms with Crippen molar-refractivity contribution in [2.24, 2.45) is 5.73 Å². The van der Waals surface area contributed by atoms with Crippen LogP contribution in [0.5, 0.6) is 0 Å². The molecule has 0 bridgehead atoms. The SMILES string of the molecule is NCCCNC(=O)C1CNc2ccccc21. The highest BCUT2D eigenvalue weighted by Crippen LogP contribution is 2.30. The highest BCUT2D eigenvalue weighted by molar-refractivity contribution is 5.88. The average Bonchev–Trinajstić information content (AvgIpc) is 2.73. The Morgan fingerprint density at radius 2 is 2.31 bits per heavy atom. The first-order valence-electron chi connectivity index (χ1n) is 5.63. The lowest BCUT2D eigenvalue weighted by Crippen LogP contribution is -2.31. The molecule has 0 aromatic heterocycles. The van der Waals surface area contributed by atoms with Crippen LogP contribution in [0.1, 0.15) is 17.9 Å². The Hall–Kier alpha value is -1.55. The van der Waals surface area contributed by atoms with E-state index in [9.17, 15) is 4.79 Å². The van der Waals surface area contributed by atoms with Crippen molar-refractivity contribution in [2.75, 3.05) is 25.0 Å². The number of rotatable bonds is 4. The fourth-order valence-electron chi connectivity index (χ4n) is 1.95. The molecule has 1 unspecified atom stereocenters. The van der Waals surface area contributed by atoms with Crippen LogP contribution in [0.15, 0.2) is 24.3 Å². The Bertz CT molecular complexity index is 378. The van der Waals surface area contributed by atoms with Gasteiger partial charge in [-0.1, -0.05) is 18.2 Å². The summed E-state index contributed by atoms with van der Waals surface area (Å²) in [7, 11) is 0. The van der Waals surface area contributed by atoms with E-state index in [4.69, 9.17) is 5.73 Å². The molecule has 16 heavy (non-hydrogen) atoms. The summed E-state index contributed by atoms with van der Waals surface area (Å²) in [4.78, 5) is 11.9. The largest absolute Gasteiger partial charge is 0.384 e. The van der Waals surface area contributed by atoms with Crippen LogP contribution in [0.3, 0.4) is 0 Å². The third kappa shape index (κ3) is 2.17. The zero-order chi connectivity index (χ0) is 11.4. The first-order valence-corrected chi connectivity index (χ1v) is 5.63. The van der Waals surface area contributed by atoms with Crippen LogP contribution in [0, 0.1) is 0 Å². The second-order valence-electron chi connectivity index (χ2n) is 3.95. The number of hydrogen-bond donors (Lipinski definition) is 3. The monoisotopic (exact) mass is 219 g/mol. The number of carbonyl (C=O) groups excluding carboxylic acids is 1. The highest BCUT2D eigenvalue weighted by atomic mass is 16.1. The molecule has 0 saturated heterocycles. The molecule has 1 aromatic carbocycles. The molecule has 86 valence electrons. The van der Waals surface area contributed by atoms with E-state index < -0.39 is 0 Å². The van der Waals surface area contributed by atoms with E-state index in [1.807, 2.05) is 24.3 Å². The zero-order valence-electron chi connectivity index (χ0n) is 9.20. The quantitative estimate of drug-likeness (QED) is 0.652. The lowest BCUT2D eigenvalue weighted by atomic mass is 10.0. The normalized spacial score (nSPS) is 17.7. The molecular weight excluding hydrogens is 202 g/mol. The van der Waals surface area contributed by atoms with Crippen molar-refractivity contribution in [3.63, 3.8) is 0 Å². The number of hydrogen-bond acceptors (Lipinski definition) is 3. The topological polar surface area (TPSA) is 67.1 Å². The van der Waals surface area contributed by atoms with E-state index >= 15 is 0 Å². The Labute approximate surface area is 95.2 Å². The van der Waals surface area contributed by atoms with Crippen LogP contribution in [0.4, 0.5) is 5.69 Å². The van der Waals surface area contributed by atoms with Gasteiger partial charge in [-0.05, 0) is 24.6 Å². The van der Waals surface area contributed by atoms with Gasteiger partial charge in [0, 0.05) is 18.8 Å². The molecule has 1 aromatic rings. The van der Waals surface area contributed by atoms with E-state index in [1.54, 1.807) is 0 Å². The second-order valence-corrected chi connectivity index (χ2v) is 3.95. The van der Waals surface area contributed by atoms with Crippen molar-refractivity contribution >= 4 is 11.6 Å². The summed E-state index contributed by atoms with van der Waals surface area (Å²) in [6.45, 7) is 1.96. The van der Waals surface area contributed by atoms with Crippen molar-refractivity contribution in [1.82, 2.24) is 5.32 Å². The maximum Gasteiger partial charge on any atom is 0.229 e. The zero-order valence-corrected chi connectivity index (χ0v) is 9.20. The maximum atomic E-state index is 11.9. The van der Waals surface area contributed by atoms with E-state index in [-0.39, 0.29) is 11.8 Å². The molecule has 1 aliphatic heterocycles. The minimum Gasteiger partial charge on any atom is -0.384 e. The number of benzene rings is 1. The van der Waals surface area contributed by atoms with Crippen LogP contribution in [0.2, 0.25) is 0 Å². The van der Waals surface area contributed by atoms with Gasteiger partial charge in [0.05, 0.1) is 5.92 Å². The smallest absolute Gasteiger partial charge is 0.229 e. The molecule has 0 fully saturated rings. The van der Waals surface area contributed by atoms with E-state index in [0.717, 1.165) is 17.7 Å². The fraction of sp³-hybridized carbons (Fsp3) is 0.417. The lowest BCUT2D eigenvalue weighted by Gasteiger charge is -2.10. The van der Waals surface area contributed by atoms with Crippen molar-refractivity contribution in [1.29, 1.82) is 0 Å². The van der Waals surface area contributed by atoms with Crippen molar-refractivity contribution in [2.45, 2.75) is 12.3 Å². The number of amides is 1. The van der Waals surface area contributed by atoms with Gasteiger partial charge < -0.3 is 16.4 Å². The average molecular weight is 219 g/mol. The van der Waals surface area contributed by atoms with Gasteiger partial charge in [-0.2, -0.15) is 0 Å². The van der Waals surface area contributed by atoms with Gasteiger partial charge in [-0.15, -0.1) is 0 Å². The summed E-state index contributed by atoms with van der Waals surface area (Å²) < 4.78 is 0. The summed E-state index contributed by atoms with van der Waals surface area (Å²) in [5.41, 5.74) is 7.54. The van der Waals surface area contributed by atoms with Gasteiger partial charge in [-0.3, -0.25) is 4.79 Å². The van der Waals surface area contributed by atoms with E-state index in [2.05, 4.69) is 10.6 Å². The Balaban J connectivity index is 1.99. The second kappa shape index (κ2) is 4.99. The summed E-state index contributed by atoms with van der Waals surface area (Å²) in [5, 5.41) is 6.14. The number of fused-ring (bicyclic) bond motifs is 1. The van der Waals surface area contributed by atoms with Crippen LogP contribution in [-0.2, 0) is 4.79 Å². The maximum absolute atomic E-state index is 11.9. The Kier molecular flexibility index (Phi) is 3.41. The minimum absolute atomic E-state index is 0.0611. The number of para-hydroxylation sites is 1. The van der Waals surface area contributed by atoms with Gasteiger partial charge in [0.25, 0.3) is 0 Å². The number of carbonyl (C=O) groups is 1. The van der Waals surface area contributed by atoms with Crippen molar-refractivity contribution < 1.29 is 4.79 Å². The summed E-state index contributed by atoms with van der Waals surface area (Å²) in [6.07, 6.45) is 0.827. The standard InChI is InChI=1S/C12H17N3O/c13-6-3-7-14-12(16)10-8-15-11-5-2-1-4-9(10)11/h1-2,4-5,10,15H,3,6-8,13H2,(H,14,16). The predicted octanol–water partition coefficient (Wildman–Crippen LogP) is 0.661. The molecule has 4 N–H and O–H groups in total.